The summed E-state index contributed by atoms with van der Waals surface area (Å²) in [6.07, 6.45) is 0. The molecule has 2 nitrogen and oxygen atoms in total. The van der Waals surface area contributed by atoms with Gasteiger partial charge in [-0.15, -0.1) is 22.7 Å². The maximum absolute atomic E-state index is 6.38. The first kappa shape index (κ1) is 28.0. The maximum Gasteiger partial charge on any atom is 0.137 e. The third kappa shape index (κ3) is 4.19. The van der Waals surface area contributed by atoms with Crippen LogP contribution in [0.2, 0.25) is 0 Å². The van der Waals surface area contributed by atoms with E-state index in [0.717, 1.165) is 39.0 Å². The third-order valence-corrected chi connectivity index (χ3v) is 12.3. The van der Waals surface area contributed by atoms with Crippen LogP contribution < -0.4 is 4.90 Å². The minimum Gasteiger partial charge on any atom is -0.456 e. The van der Waals surface area contributed by atoms with Crippen molar-refractivity contribution in [1.82, 2.24) is 0 Å². The molecule has 0 aliphatic rings. The molecule has 0 aliphatic heterocycles. The zero-order valence-electron chi connectivity index (χ0n) is 26.8. The van der Waals surface area contributed by atoms with Crippen molar-refractivity contribution in [1.29, 1.82) is 0 Å². The zero-order chi connectivity index (χ0) is 32.8. The number of fused-ring (bicyclic) bond motifs is 11. The number of anilines is 3. The molecule has 0 unspecified atom stereocenters. The van der Waals surface area contributed by atoms with Crippen LogP contribution in [0.3, 0.4) is 0 Å². The van der Waals surface area contributed by atoms with Gasteiger partial charge in [-0.2, -0.15) is 0 Å². The van der Waals surface area contributed by atoms with Gasteiger partial charge in [-0.25, -0.2) is 0 Å². The predicted molar refractivity (Wildman–Crippen MR) is 217 cm³/mol. The van der Waals surface area contributed by atoms with E-state index in [-0.39, 0.29) is 0 Å². The van der Waals surface area contributed by atoms with Crippen molar-refractivity contribution in [3.63, 3.8) is 0 Å². The molecule has 0 N–H and O–H groups in total. The number of benzene rings is 8. The van der Waals surface area contributed by atoms with Crippen molar-refractivity contribution in [3.05, 3.63) is 164 Å². The molecule has 0 saturated heterocycles. The number of furan rings is 1. The third-order valence-electron chi connectivity index (χ3n) is 10.1. The summed E-state index contributed by atoms with van der Waals surface area (Å²) >= 11 is 3.72. The summed E-state index contributed by atoms with van der Waals surface area (Å²) in [5, 5.41) is 10.1. The summed E-state index contributed by atoms with van der Waals surface area (Å²) in [6, 6.07) is 59.5. The molecule has 4 heteroatoms. The van der Waals surface area contributed by atoms with Gasteiger partial charge in [-0.1, -0.05) is 91.0 Å². The van der Waals surface area contributed by atoms with Gasteiger partial charge in [0.15, 0.2) is 0 Å². The highest BCUT2D eigenvalue weighted by Crippen LogP contribution is 2.45. The van der Waals surface area contributed by atoms with Crippen LogP contribution in [0.15, 0.2) is 168 Å². The number of rotatable bonds is 4. The summed E-state index contributed by atoms with van der Waals surface area (Å²) < 4.78 is 11.6. The highest BCUT2D eigenvalue weighted by molar-refractivity contribution is 7.26. The number of nitrogens with zero attached hydrogens (tertiary/aromatic N) is 1. The molecule has 0 atom stereocenters. The van der Waals surface area contributed by atoms with Gasteiger partial charge in [0.2, 0.25) is 0 Å². The second kappa shape index (κ2) is 10.8. The Morgan fingerprint density at radius 3 is 1.78 bits per heavy atom. The summed E-state index contributed by atoms with van der Waals surface area (Å²) in [7, 11) is 0. The van der Waals surface area contributed by atoms with E-state index in [1.807, 2.05) is 34.8 Å². The molecule has 0 aliphatic carbocycles. The molecule has 0 bridgehead atoms. The second-order valence-corrected chi connectivity index (χ2v) is 15.0. The van der Waals surface area contributed by atoms with E-state index in [1.165, 1.54) is 62.2 Å². The molecular formula is C46H27NOS2. The number of hydrogen-bond donors (Lipinski definition) is 0. The predicted octanol–water partition coefficient (Wildman–Crippen LogP) is 14.6. The molecule has 0 radical (unpaired) electrons. The lowest BCUT2D eigenvalue weighted by molar-refractivity contribution is 0.669. The van der Waals surface area contributed by atoms with E-state index in [2.05, 4.69) is 157 Å². The molecule has 0 saturated carbocycles. The minimum atomic E-state index is 0.885. The van der Waals surface area contributed by atoms with Gasteiger partial charge in [0, 0.05) is 74.2 Å². The molecular weight excluding hydrogens is 647 g/mol. The first-order valence-electron chi connectivity index (χ1n) is 16.8. The Morgan fingerprint density at radius 2 is 0.940 bits per heavy atom. The van der Waals surface area contributed by atoms with Crippen LogP contribution >= 0.6 is 22.7 Å². The summed E-state index contributed by atoms with van der Waals surface area (Å²) in [4.78, 5) is 2.36. The second-order valence-electron chi connectivity index (χ2n) is 12.9. The van der Waals surface area contributed by atoms with Crippen molar-refractivity contribution in [2.45, 2.75) is 0 Å². The van der Waals surface area contributed by atoms with Gasteiger partial charge in [0.1, 0.15) is 11.2 Å². The van der Waals surface area contributed by atoms with Gasteiger partial charge < -0.3 is 9.32 Å². The van der Waals surface area contributed by atoms with Crippen molar-refractivity contribution >= 4 is 113 Å². The van der Waals surface area contributed by atoms with Crippen molar-refractivity contribution in [2.24, 2.45) is 0 Å². The molecule has 8 aromatic carbocycles. The molecule has 0 amide bonds. The number of hydrogen-bond acceptors (Lipinski definition) is 4. The topological polar surface area (TPSA) is 16.4 Å². The lowest BCUT2D eigenvalue weighted by Crippen LogP contribution is -2.09. The lowest BCUT2D eigenvalue weighted by Gasteiger charge is -2.26. The number of para-hydroxylation sites is 1. The fraction of sp³-hybridized carbons (Fsp3) is 0. The van der Waals surface area contributed by atoms with E-state index in [1.54, 1.807) is 0 Å². The standard InChI is InChI=1S/C46H27NOS2/c1-2-12-36-32(9-1)38(27-45-46(36)37-13-5-8-16-43(37)50-45)28-17-19-29(20-18-28)47(30-22-24-44-39(25-30)35-11-4-7-15-42(35)49-44)31-21-23-34-33-10-3-6-14-40(33)48-41(34)26-31/h1-27H. The van der Waals surface area contributed by atoms with Crippen LogP contribution in [-0.4, -0.2) is 0 Å². The maximum atomic E-state index is 6.38. The van der Waals surface area contributed by atoms with E-state index in [9.17, 15) is 0 Å². The zero-order valence-corrected chi connectivity index (χ0v) is 28.4. The van der Waals surface area contributed by atoms with Gasteiger partial charge in [-0.3, -0.25) is 0 Å². The fourth-order valence-electron chi connectivity index (χ4n) is 7.77. The van der Waals surface area contributed by atoms with Crippen LogP contribution in [0.1, 0.15) is 0 Å². The molecule has 50 heavy (non-hydrogen) atoms. The first-order chi connectivity index (χ1) is 24.8. The van der Waals surface area contributed by atoms with Crippen LogP contribution in [0.25, 0.3) is 84.2 Å². The average molecular weight is 674 g/mol. The van der Waals surface area contributed by atoms with Gasteiger partial charge in [0.25, 0.3) is 0 Å². The Morgan fingerprint density at radius 1 is 0.360 bits per heavy atom. The minimum absolute atomic E-state index is 0.885. The van der Waals surface area contributed by atoms with Crippen molar-refractivity contribution in [2.75, 3.05) is 4.90 Å². The van der Waals surface area contributed by atoms with Crippen LogP contribution in [0, 0.1) is 0 Å². The molecule has 0 spiro atoms. The number of thiophene rings is 2. The Labute approximate surface area is 295 Å². The van der Waals surface area contributed by atoms with Gasteiger partial charge in [-0.05, 0) is 88.6 Å². The monoisotopic (exact) mass is 673 g/mol. The summed E-state index contributed by atoms with van der Waals surface area (Å²) in [6.45, 7) is 0. The Bertz CT molecular complexity index is 3110. The average Bonchev–Trinajstić information content (AvgIpc) is 3.86. The fourth-order valence-corrected chi connectivity index (χ4v) is 10.0. The largest absolute Gasteiger partial charge is 0.456 e. The van der Waals surface area contributed by atoms with Crippen LogP contribution in [0.5, 0.6) is 0 Å². The summed E-state index contributed by atoms with van der Waals surface area (Å²) in [5.74, 6) is 0. The van der Waals surface area contributed by atoms with Crippen LogP contribution in [0.4, 0.5) is 17.1 Å². The van der Waals surface area contributed by atoms with E-state index in [0.29, 0.717) is 0 Å². The Hall–Kier alpha value is -5.94. The van der Waals surface area contributed by atoms with E-state index < -0.39 is 0 Å². The first-order valence-corrected chi connectivity index (χ1v) is 18.5. The van der Waals surface area contributed by atoms with Crippen molar-refractivity contribution < 1.29 is 4.42 Å². The van der Waals surface area contributed by atoms with Crippen molar-refractivity contribution in [3.8, 4) is 11.1 Å². The van der Waals surface area contributed by atoms with Crippen LogP contribution in [-0.2, 0) is 0 Å². The molecule has 11 aromatic rings. The SMILES string of the molecule is c1ccc2c(c1)oc1cc(N(c3ccc(-c4cc5sc6ccccc6c5c5ccccc45)cc3)c3ccc4sc5ccccc5c4c3)ccc12. The quantitative estimate of drug-likeness (QED) is 0.185. The molecule has 11 rings (SSSR count). The van der Waals surface area contributed by atoms with Gasteiger partial charge >= 0.3 is 0 Å². The molecule has 3 heterocycles. The van der Waals surface area contributed by atoms with E-state index >= 15 is 0 Å². The highest BCUT2D eigenvalue weighted by atomic mass is 32.1. The summed E-state index contributed by atoms with van der Waals surface area (Å²) in [5.41, 5.74) is 7.51. The molecule has 0 fully saturated rings. The smallest absolute Gasteiger partial charge is 0.137 e. The van der Waals surface area contributed by atoms with Gasteiger partial charge in [0.05, 0.1) is 0 Å². The normalized spacial score (nSPS) is 12.0. The van der Waals surface area contributed by atoms with E-state index in [4.69, 9.17) is 4.42 Å². The highest BCUT2D eigenvalue weighted by Gasteiger charge is 2.18. The lowest BCUT2D eigenvalue weighted by atomic mass is 9.95. The Balaban J connectivity index is 1.09. The molecule has 234 valence electrons. The Kier molecular flexibility index (Phi) is 6.03. The molecule has 3 aromatic heterocycles.